The molecule has 0 saturated heterocycles. The molecule has 2 heterocycles. The summed E-state index contributed by atoms with van der Waals surface area (Å²) < 4.78 is 5.85. The first-order valence-corrected chi connectivity index (χ1v) is 8.78. The highest BCUT2D eigenvalue weighted by Crippen LogP contribution is 2.32. The summed E-state index contributed by atoms with van der Waals surface area (Å²) in [5.74, 6) is 0.950. The molecule has 0 atom stereocenters. The third kappa shape index (κ3) is 3.92. The maximum absolute atomic E-state index is 8.23. The molecule has 0 bridgehead atoms. The summed E-state index contributed by atoms with van der Waals surface area (Å²) in [7, 11) is 4.20. The lowest BCUT2D eigenvalue weighted by atomic mass is 10.1. The Balaban J connectivity index is 1.72. The van der Waals surface area contributed by atoms with Gasteiger partial charge in [-0.1, -0.05) is 12.1 Å². The molecule has 0 unspecified atom stereocenters. The van der Waals surface area contributed by atoms with Crippen molar-refractivity contribution in [1.29, 1.82) is 5.41 Å². The van der Waals surface area contributed by atoms with Gasteiger partial charge in [0, 0.05) is 24.4 Å². The highest BCUT2D eigenvalue weighted by molar-refractivity contribution is 7.12. The first kappa shape index (κ1) is 16.0. The third-order valence-electron chi connectivity index (χ3n) is 4.00. The molecule has 1 aliphatic rings. The molecule has 122 valence electrons. The number of rotatable bonds is 6. The van der Waals surface area contributed by atoms with Crippen LogP contribution >= 0.6 is 11.3 Å². The second-order valence-corrected chi connectivity index (χ2v) is 7.02. The first-order chi connectivity index (χ1) is 11.1. The van der Waals surface area contributed by atoms with Gasteiger partial charge in [0.1, 0.15) is 12.4 Å². The average molecular weight is 329 g/mol. The van der Waals surface area contributed by atoms with Crippen molar-refractivity contribution < 1.29 is 4.74 Å². The van der Waals surface area contributed by atoms with E-state index in [4.69, 9.17) is 10.1 Å². The lowest BCUT2D eigenvalue weighted by Crippen LogP contribution is -2.37. The van der Waals surface area contributed by atoms with Crippen molar-refractivity contribution in [2.75, 3.05) is 45.2 Å². The van der Waals surface area contributed by atoms with E-state index in [0.717, 1.165) is 42.4 Å². The van der Waals surface area contributed by atoms with Gasteiger partial charge in [0.15, 0.2) is 0 Å². The van der Waals surface area contributed by atoms with Crippen LogP contribution in [0.5, 0.6) is 5.75 Å². The van der Waals surface area contributed by atoms with E-state index < -0.39 is 0 Å². The molecule has 0 saturated carbocycles. The van der Waals surface area contributed by atoms with E-state index in [2.05, 4.69) is 42.1 Å². The van der Waals surface area contributed by atoms with Gasteiger partial charge in [-0.15, -0.1) is 11.3 Å². The van der Waals surface area contributed by atoms with Crippen LogP contribution in [0.3, 0.4) is 0 Å². The number of thiophene rings is 1. The van der Waals surface area contributed by atoms with Crippen molar-refractivity contribution in [2.45, 2.75) is 6.42 Å². The Morgan fingerprint density at radius 3 is 2.96 bits per heavy atom. The van der Waals surface area contributed by atoms with Crippen LogP contribution in [-0.4, -0.2) is 50.9 Å². The summed E-state index contributed by atoms with van der Waals surface area (Å²) in [5, 5.41) is 10.2. The molecule has 1 aromatic heterocycles. The maximum atomic E-state index is 8.23. The van der Waals surface area contributed by atoms with Gasteiger partial charge in [-0.3, -0.25) is 0 Å². The predicted octanol–water partition coefficient (Wildman–Crippen LogP) is 3.12. The first-order valence-electron chi connectivity index (χ1n) is 7.90. The average Bonchev–Trinajstić information content (AvgIpc) is 3.07. The Labute approximate surface area is 141 Å². The van der Waals surface area contributed by atoms with Gasteiger partial charge in [0.05, 0.1) is 17.9 Å². The SMILES string of the molecule is CN(C)CCN1CCOc2cc(CC(=N)c3cccs3)ccc21. The Hall–Kier alpha value is -1.85. The van der Waals surface area contributed by atoms with E-state index in [9.17, 15) is 0 Å². The number of fused-ring (bicyclic) bond motifs is 1. The summed E-state index contributed by atoms with van der Waals surface area (Å²) in [4.78, 5) is 5.62. The quantitative estimate of drug-likeness (QED) is 0.828. The predicted molar refractivity (Wildman–Crippen MR) is 97.6 cm³/mol. The number of hydrogen-bond donors (Lipinski definition) is 1. The van der Waals surface area contributed by atoms with Crippen LogP contribution < -0.4 is 9.64 Å². The minimum Gasteiger partial charge on any atom is -0.490 e. The summed E-state index contributed by atoms with van der Waals surface area (Å²) in [5.41, 5.74) is 2.97. The molecule has 0 amide bonds. The van der Waals surface area contributed by atoms with Crippen molar-refractivity contribution in [3.63, 3.8) is 0 Å². The molecule has 4 nitrogen and oxygen atoms in total. The summed E-state index contributed by atoms with van der Waals surface area (Å²) >= 11 is 1.62. The van der Waals surface area contributed by atoms with Gasteiger partial charge < -0.3 is 19.9 Å². The fourth-order valence-electron chi connectivity index (χ4n) is 2.73. The Bertz CT molecular complexity index is 667. The number of likely N-dealkylation sites (N-methyl/N-ethyl adjacent to an activating group) is 1. The van der Waals surface area contributed by atoms with Gasteiger partial charge >= 0.3 is 0 Å². The van der Waals surface area contributed by atoms with Crippen LogP contribution in [0.1, 0.15) is 10.4 Å². The second kappa shape index (κ2) is 7.15. The van der Waals surface area contributed by atoms with E-state index in [-0.39, 0.29) is 0 Å². The number of benzene rings is 1. The van der Waals surface area contributed by atoms with E-state index in [1.54, 1.807) is 11.3 Å². The summed E-state index contributed by atoms with van der Waals surface area (Å²) in [6.07, 6.45) is 0.648. The second-order valence-electron chi connectivity index (χ2n) is 6.07. The topological polar surface area (TPSA) is 39.6 Å². The van der Waals surface area contributed by atoms with Crippen LogP contribution in [0.2, 0.25) is 0 Å². The maximum Gasteiger partial charge on any atom is 0.142 e. The fourth-order valence-corrected chi connectivity index (χ4v) is 3.40. The third-order valence-corrected chi connectivity index (χ3v) is 4.93. The van der Waals surface area contributed by atoms with E-state index in [0.29, 0.717) is 12.1 Å². The molecule has 5 heteroatoms. The summed E-state index contributed by atoms with van der Waals surface area (Å²) in [6, 6.07) is 10.4. The molecule has 3 rings (SSSR count). The zero-order valence-corrected chi connectivity index (χ0v) is 14.5. The minimum atomic E-state index is 0.648. The zero-order chi connectivity index (χ0) is 16.2. The van der Waals surface area contributed by atoms with Crippen molar-refractivity contribution in [3.8, 4) is 5.75 Å². The highest BCUT2D eigenvalue weighted by atomic mass is 32.1. The molecular weight excluding hydrogens is 306 g/mol. The van der Waals surface area contributed by atoms with Crippen molar-refractivity contribution in [3.05, 3.63) is 46.2 Å². The number of anilines is 1. The van der Waals surface area contributed by atoms with Crippen molar-refractivity contribution in [1.82, 2.24) is 4.90 Å². The van der Waals surface area contributed by atoms with E-state index in [1.165, 1.54) is 5.69 Å². The van der Waals surface area contributed by atoms with Gasteiger partial charge in [-0.05, 0) is 43.2 Å². The lowest BCUT2D eigenvalue weighted by Gasteiger charge is -2.32. The van der Waals surface area contributed by atoms with E-state index >= 15 is 0 Å². The molecule has 0 radical (unpaired) electrons. The largest absolute Gasteiger partial charge is 0.490 e. The normalized spacial score (nSPS) is 13.8. The molecule has 1 aliphatic heterocycles. The number of nitrogens with zero attached hydrogens (tertiary/aromatic N) is 2. The van der Waals surface area contributed by atoms with E-state index in [1.807, 2.05) is 17.5 Å². The number of hydrogen-bond acceptors (Lipinski definition) is 5. The molecule has 23 heavy (non-hydrogen) atoms. The highest BCUT2D eigenvalue weighted by Gasteiger charge is 2.18. The molecule has 1 aromatic carbocycles. The Morgan fingerprint density at radius 2 is 2.22 bits per heavy atom. The standard InChI is InChI=1S/C18H23N3OS/c1-20(2)7-8-21-9-10-22-17-13-14(5-6-16(17)21)12-15(19)18-4-3-11-23-18/h3-6,11,13,19H,7-10,12H2,1-2H3. The van der Waals surface area contributed by atoms with Gasteiger partial charge in [0.25, 0.3) is 0 Å². The number of ether oxygens (including phenoxy) is 1. The lowest BCUT2D eigenvalue weighted by molar-refractivity contribution is 0.302. The fraction of sp³-hybridized carbons (Fsp3) is 0.389. The molecule has 0 fully saturated rings. The molecule has 2 aromatic rings. The van der Waals surface area contributed by atoms with Crippen molar-refractivity contribution >= 4 is 22.7 Å². The molecule has 0 aliphatic carbocycles. The van der Waals surface area contributed by atoms with Gasteiger partial charge in [0.2, 0.25) is 0 Å². The smallest absolute Gasteiger partial charge is 0.142 e. The van der Waals surface area contributed by atoms with Crippen LogP contribution in [-0.2, 0) is 6.42 Å². The number of nitrogens with one attached hydrogen (secondary N) is 1. The zero-order valence-electron chi connectivity index (χ0n) is 13.7. The molecule has 0 spiro atoms. The van der Waals surface area contributed by atoms with Gasteiger partial charge in [-0.2, -0.15) is 0 Å². The van der Waals surface area contributed by atoms with Crippen molar-refractivity contribution in [2.24, 2.45) is 0 Å². The van der Waals surface area contributed by atoms with Gasteiger partial charge in [-0.25, -0.2) is 0 Å². The molecule has 1 N–H and O–H groups in total. The Morgan fingerprint density at radius 1 is 1.35 bits per heavy atom. The van der Waals surface area contributed by atoms with Crippen LogP contribution in [0.25, 0.3) is 0 Å². The van der Waals surface area contributed by atoms with Crippen LogP contribution in [0.15, 0.2) is 35.7 Å². The molecular formula is C18H23N3OS. The monoisotopic (exact) mass is 329 g/mol. The van der Waals surface area contributed by atoms with Crippen LogP contribution in [0.4, 0.5) is 5.69 Å². The van der Waals surface area contributed by atoms with Crippen LogP contribution in [0, 0.1) is 5.41 Å². The Kier molecular flexibility index (Phi) is 4.98. The summed E-state index contributed by atoms with van der Waals surface area (Å²) in [6.45, 7) is 3.70. The minimum absolute atomic E-state index is 0.648.